The number of hydrogen-bond donors (Lipinski definition) is 2. The van der Waals surface area contributed by atoms with E-state index >= 15 is 0 Å². The molecule has 1 aliphatic rings. The van der Waals surface area contributed by atoms with E-state index in [1.165, 1.54) is 0 Å². The average molecular weight is 394 g/mol. The van der Waals surface area contributed by atoms with Crippen LogP contribution in [0.2, 0.25) is 0 Å². The van der Waals surface area contributed by atoms with Crippen molar-refractivity contribution < 1.29 is 14.4 Å². The van der Waals surface area contributed by atoms with Gasteiger partial charge in [0, 0.05) is 17.8 Å². The summed E-state index contributed by atoms with van der Waals surface area (Å²) in [5.41, 5.74) is 2.43. The fraction of sp³-hybridized carbons (Fsp3) is 0.318. The first-order valence-electron chi connectivity index (χ1n) is 9.65. The summed E-state index contributed by atoms with van der Waals surface area (Å²) < 4.78 is 0. The highest BCUT2D eigenvalue weighted by atomic mass is 16.2. The maximum absolute atomic E-state index is 13.0. The number of benzene rings is 2. The number of nitrogens with zero attached hydrogens (tertiary/aromatic N) is 2. The van der Waals surface area contributed by atoms with E-state index in [2.05, 4.69) is 10.6 Å². The van der Waals surface area contributed by atoms with Gasteiger partial charge in [-0.1, -0.05) is 48.5 Å². The van der Waals surface area contributed by atoms with Gasteiger partial charge in [-0.2, -0.15) is 0 Å². The molecule has 0 saturated heterocycles. The van der Waals surface area contributed by atoms with Gasteiger partial charge in [0.1, 0.15) is 6.04 Å². The van der Waals surface area contributed by atoms with Crippen molar-refractivity contribution in [2.45, 2.75) is 19.0 Å². The van der Waals surface area contributed by atoms with Crippen molar-refractivity contribution in [1.82, 2.24) is 15.5 Å². The predicted octanol–water partition coefficient (Wildman–Crippen LogP) is 1.46. The van der Waals surface area contributed by atoms with Gasteiger partial charge in [0.2, 0.25) is 0 Å². The number of para-hydroxylation sites is 1. The molecule has 2 aromatic rings. The number of amides is 3. The molecule has 3 amide bonds. The van der Waals surface area contributed by atoms with E-state index < -0.39 is 17.9 Å². The Balaban J connectivity index is 1.67. The third kappa shape index (κ3) is 5.00. The molecular formula is C22H26N4O3. The van der Waals surface area contributed by atoms with E-state index in [0.717, 1.165) is 24.2 Å². The minimum atomic E-state index is -0.866. The summed E-state index contributed by atoms with van der Waals surface area (Å²) in [5.74, 6) is -1.77. The van der Waals surface area contributed by atoms with Crippen molar-refractivity contribution in [3.63, 3.8) is 0 Å². The van der Waals surface area contributed by atoms with Gasteiger partial charge in [0.15, 0.2) is 0 Å². The molecule has 0 aromatic heterocycles. The lowest BCUT2D eigenvalue weighted by Gasteiger charge is -2.18. The van der Waals surface area contributed by atoms with E-state index in [4.69, 9.17) is 0 Å². The Hall–Kier alpha value is -3.19. The monoisotopic (exact) mass is 394 g/mol. The van der Waals surface area contributed by atoms with Crippen LogP contribution in [0.4, 0.5) is 5.69 Å². The molecule has 3 rings (SSSR count). The molecule has 7 heteroatoms. The van der Waals surface area contributed by atoms with E-state index in [1.807, 2.05) is 67.5 Å². The van der Waals surface area contributed by atoms with Gasteiger partial charge in [-0.25, -0.2) is 0 Å². The lowest BCUT2D eigenvalue weighted by atomic mass is 10.1. The van der Waals surface area contributed by atoms with Gasteiger partial charge in [-0.05, 0) is 38.7 Å². The second kappa shape index (κ2) is 9.34. The largest absolute Gasteiger partial charge is 0.348 e. The van der Waals surface area contributed by atoms with E-state index in [0.29, 0.717) is 18.7 Å². The van der Waals surface area contributed by atoms with Crippen molar-refractivity contribution in [2.75, 3.05) is 32.1 Å². The molecule has 29 heavy (non-hydrogen) atoms. The Kier molecular flexibility index (Phi) is 6.61. The van der Waals surface area contributed by atoms with Gasteiger partial charge in [0.25, 0.3) is 5.91 Å². The van der Waals surface area contributed by atoms with E-state index in [-0.39, 0.29) is 5.91 Å². The Labute approximate surface area is 170 Å². The van der Waals surface area contributed by atoms with Crippen LogP contribution in [0.1, 0.15) is 23.6 Å². The van der Waals surface area contributed by atoms with Gasteiger partial charge in [-0.3, -0.25) is 14.4 Å². The Morgan fingerprint density at radius 1 is 1.00 bits per heavy atom. The summed E-state index contributed by atoms with van der Waals surface area (Å²) >= 11 is 0. The fourth-order valence-electron chi connectivity index (χ4n) is 3.33. The molecule has 1 atom stereocenters. The van der Waals surface area contributed by atoms with Gasteiger partial charge < -0.3 is 20.4 Å². The number of carbonyl (C=O) groups is 3. The highest BCUT2D eigenvalue weighted by molar-refractivity contribution is 6.35. The molecule has 2 N–H and O–H groups in total. The Morgan fingerprint density at radius 2 is 1.69 bits per heavy atom. The molecule has 0 spiro atoms. The minimum absolute atomic E-state index is 0.246. The Morgan fingerprint density at radius 3 is 2.41 bits per heavy atom. The van der Waals surface area contributed by atoms with Crippen LogP contribution in [0, 0.1) is 0 Å². The quantitative estimate of drug-likeness (QED) is 0.550. The SMILES string of the molecule is CN(C)CCCNC(=O)C(=O)N[C@H]1C(=O)N(Cc2ccccc2)c2ccccc21. The number of fused-ring (bicyclic) bond motifs is 1. The fourth-order valence-corrected chi connectivity index (χ4v) is 3.33. The second-order valence-electron chi connectivity index (χ2n) is 7.29. The lowest BCUT2D eigenvalue weighted by molar-refractivity contribution is -0.140. The molecule has 7 nitrogen and oxygen atoms in total. The van der Waals surface area contributed by atoms with Crippen molar-refractivity contribution >= 4 is 23.4 Å². The smallest absolute Gasteiger partial charge is 0.310 e. The summed E-state index contributed by atoms with van der Waals surface area (Å²) in [6, 6.07) is 16.1. The third-order valence-corrected chi connectivity index (χ3v) is 4.78. The number of anilines is 1. The molecule has 0 bridgehead atoms. The van der Waals surface area contributed by atoms with Gasteiger partial charge >= 0.3 is 11.8 Å². The van der Waals surface area contributed by atoms with Crippen molar-refractivity contribution in [1.29, 1.82) is 0 Å². The van der Waals surface area contributed by atoms with Crippen LogP contribution in [0.15, 0.2) is 54.6 Å². The highest BCUT2D eigenvalue weighted by Crippen LogP contribution is 2.36. The van der Waals surface area contributed by atoms with Crippen molar-refractivity contribution in [3.8, 4) is 0 Å². The summed E-state index contributed by atoms with van der Waals surface area (Å²) in [6.45, 7) is 1.62. The molecule has 1 heterocycles. The molecule has 152 valence electrons. The summed E-state index contributed by atoms with van der Waals surface area (Å²) in [5, 5.41) is 5.20. The molecule has 0 aliphatic carbocycles. The molecule has 0 saturated carbocycles. The minimum Gasteiger partial charge on any atom is -0.348 e. The van der Waals surface area contributed by atoms with Crippen LogP contribution in [0.25, 0.3) is 0 Å². The number of nitrogens with one attached hydrogen (secondary N) is 2. The van der Waals surface area contributed by atoms with Crippen LogP contribution < -0.4 is 15.5 Å². The standard InChI is InChI=1S/C22H26N4O3/c1-25(2)14-8-13-23-20(27)21(28)24-19-17-11-6-7-12-18(17)26(22(19)29)15-16-9-4-3-5-10-16/h3-7,9-12,19H,8,13-15H2,1-2H3,(H,23,27)(H,24,28)/t19-/m1/s1. The number of carbonyl (C=O) groups excluding carboxylic acids is 3. The Bertz CT molecular complexity index is 883. The summed E-state index contributed by atoms with van der Waals surface area (Å²) in [6.07, 6.45) is 0.738. The van der Waals surface area contributed by atoms with E-state index in [9.17, 15) is 14.4 Å². The van der Waals surface area contributed by atoms with Gasteiger partial charge in [0.05, 0.1) is 6.54 Å². The first-order valence-corrected chi connectivity index (χ1v) is 9.65. The molecule has 1 aliphatic heterocycles. The number of rotatable bonds is 7. The maximum Gasteiger partial charge on any atom is 0.310 e. The summed E-state index contributed by atoms with van der Waals surface area (Å²) in [7, 11) is 3.89. The van der Waals surface area contributed by atoms with Crippen LogP contribution in [0.5, 0.6) is 0 Å². The van der Waals surface area contributed by atoms with Gasteiger partial charge in [-0.15, -0.1) is 0 Å². The van der Waals surface area contributed by atoms with E-state index in [1.54, 1.807) is 11.0 Å². The predicted molar refractivity (Wildman–Crippen MR) is 111 cm³/mol. The normalized spacial score (nSPS) is 15.3. The average Bonchev–Trinajstić information content (AvgIpc) is 2.97. The zero-order chi connectivity index (χ0) is 20.8. The van der Waals surface area contributed by atoms with Crippen LogP contribution in [-0.4, -0.2) is 49.8 Å². The molecular weight excluding hydrogens is 368 g/mol. The van der Waals surface area contributed by atoms with Crippen molar-refractivity contribution in [3.05, 3.63) is 65.7 Å². The zero-order valence-electron chi connectivity index (χ0n) is 16.7. The van der Waals surface area contributed by atoms with Crippen LogP contribution in [-0.2, 0) is 20.9 Å². The number of hydrogen-bond acceptors (Lipinski definition) is 4. The first-order chi connectivity index (χ1) is 14.0. The van der Waals surface area contributed by atoms with Crippen molar-refractivity contribution in [2.24, 2.45) is 0 Å². The first kappa shape index (κ1) is 20.5. The highest BCUT2D eigenvalue weighted by Gasteiger charge is 2.38. The zero-order valence-corrected chi connectivity index (χ0v) is 16.7. The van der Waals surface area contributed by atoms with Crippen LogP contribution >= 0.6 is 0 Å². The molecule has 2 aromatic carbocycles. The van der Waals surface area contributed by atoms with Crippen LogP contribution in [0.3, 0.4) is 0 Å². The second-order valence-corrected chi connectivity index (χ2v) is 7.29. The maximum atomic E-state index is 13.0. The molecule has 0 unspecified atom stereocenters. The lowest BCUT2D eigenvalue weighted by Crippen LogP contribution is -2.44. The molecule has 0 fully saturated rings. The third-order valence-electron chi connectivity index (χ3n) is 4.78. The molecule has 0 radical (unpaired) electrons. The summed E-state index contributed by atoms with van der Waals surface area (Å²) in [4.78, 5) is 41.1. The topological polar surface area (TPSA) is 81.8 Å².